The highest BCUT2D eigenvalue weighted by Crippen LogP contribution is 2.50. The molecular weight excluding hydrogens is 355 g/mol. The van der Waals surface area contributed by atoms with Gasteiger partial charge in [-0.05, 0) is 29.7 Å². The molecule has 4 aromatic rings. The van der Waals surface area contributed by atoms with E-state index in [0.29, 0.717) is 5.66 Å². The third-order valence-corrected chi connectivity index (χ3v) is 7.49. The minimum Gasteiger partial charge on any atom is -0.0715 e. The molecule has 0 radical (unpaired) electrons. The van der Waals surface area contributed by atoms with Crippen LogP contribution >= 0.6 is 7.92 Å². The van der Waals surface area contributed by atoms with E-state index >= 15 is 0 Å². The van der Waals surface area contributed by atoms with Crippen LogP contribution in [-0.4, -0.2) is 0 Å². The Morgan fingerprint density at radius 1 is 0.500 bits per heavy atom. The Morgan fingerprint density at radius 2 is 0.929 bits per heavy atom. The molecule has 1 heteroatoms. The molecule has 0 heterocycles. The molecule has 0 amide bonds. The molecule has 0 fully saturated rings. The van der Waals surface area contributed by atoms with Crippen LogP contribution in [0.4, 0.5) is 0 Å². The summed E-state index contributed by atoms with van der Waals surface area (Å²) in [7, 11) is -0.574. The molecule has 0 aromatic heterocycles. The van der Waals surface area contributed by atoms with Gasteiger partial charge in [0.05, 0.1) is 0 Å². The Kier molecular flexibility index (Phi) is 6.12. The molecule has 0 aliphatic carbocycles. The van der Waals surface area contributed by atoms with Crippen molar-refractivity contribution >= 4 is 24.6 Å². The average molecular weight is 378 g/mol. The highest BCUT2D eigenvalue weighted by Gasteiger charge is 2.24. The maximum absolute atomic E-state index is 2.39. The topological polar surface area (TPSA) is 0 Å². The van der Waals surface area contributed by atoms with Crippen molar-refractivity contribution in [2.24, 2.45) is 0 Å². The molecule has 1 unspecified atom stereocenters. The first kappa shape index (κ1) is 18.4. The van der Waals surface area contributed by atoms with E-state index in [0.717, 1.165) is 0 Å². The summed E-state index contributed by atoms with van der Waals surface area (Å²) >= 11 is 0. The monoisotopic (exact) mass is 378 g/mol. The average Bonchev–Trinajstić information content (AvgIpc) is 2.79. The third kappa shape index (κ3) is 4.47. The van der Waals surface area contributed by atoms with E-state index in [1.807, 2.05) is 0 Å². The quantitative estimate of drug-likeness (QED) is 0.333. The molecule has 0 aliphatic heterocycles. The summed E-state index contributed by atoms with van der Waals surface area (Å²) in [6.07, 6.45) is 4.65. The molecule has 0 bridgehead atoms. The number of hydrogen-bond donors (Lipinski definition) is 0. The summed E-state index contributed by atoms with van der Waals surface area (Å²) < 4.78 is 0. The Hall–Kier alpha value is -2.95. The fraction of sp³-hybridized carbons (Fsp3) is 0.0370. The van der Waals surface area contributed by atoms with Gasteiger partial charge >= 0.3 is 0 Å². The van der Waals surface area contributed by atoms with Crippen molar-refractivity contribution in [1.29, 1.82) is 0 Å². The van der Waals surface area contributed by atoms with E-state index in [9.17, 15) is 0 Å². The molecular formula is C27H23P. The smallest absolute Gasteiger partial charge is 0.0305 e. The zero-order valence-electron chi connectivity index (χ0n) is 15.7. The van der Waals surface area contributed by atoms with Gasteiger partial charge in [0.25, 0.3) is 0 Å². The maximum Gasteiger partial charge on any atom is 0.0305 e. The number of rotatable bonds is 6. The minimum absolute atomic E-state index is 0.307. The fourth-order valence-corrected chi connectivity index (χ4v) is 6.07. The van der Waals surface area contributed by atoms with Crippen LogP contribution in [0.1, 0.15) is 16.8 Å². The van der Waals surface area contributed by atoms with Crippen molar-refractivity contribution in [1.82, 2.24) is 0 Å². The van der Waals surface area contributed by atoms with E-state index in [1.165, 1.54) is 21.7 Å². The van der Waals surface area contributed by atoms with Gasteiger partial charge in [0, 0.05) is 5.66 Å². The SMILES string of the molecule is C(=C\C(c1ccccc1)P(c1ccccc1)c1ccccc1)/c1ccccc1. The van der Waals surface area contributed by atoms with Crippen molar-refractivity contribution in [3.63, 3.8) is 0 Å². The van der Waals surface area contributed by atoms with Crippen molar-refractivity contribution in [3.05, 3.63) is 139 Å². The predicted octanol–water partition coefficient (Wildman–Crippen LogP) is 6.57. The molecule has 0 saturated heterocycles. The Bertz CT molecular complexity index is 954. The lowest BCUT2D eigenvalue weighted by molar-refractivity contribution is 1.22. The molecule has 0 nitrogen and oxygen atoms in total. The van der Waals surface area contributed by atoms with E-state index in [-0.39, 0.29) is 0 Å². The second-order valence-electron chi connectivity index (χ2n) is 6.67. The van der Waals surface area contributed by atoms with Crippen LogP contribution in [0.2, 0.25) is 0 Å². The van der Waals surface area contributed by atoms with E-state index in [4.69, 9.17) is 0 Å². The third-order valence-electron chi connectivity index (χ3n) is 4.76. The summed E-state index contributed by atoms with van der Waals surface area (Å²) in [4.78, 5) is 0. The maximum atomic E-state index is 2.39. The molecule has 0 spiro atoms. The first-order valence-corrected chi connectivity index (χ1v) is 11.0. The Morgan fingerprint density at radius 3 is 1.43 bits per heavy atom. The normalized spacial score (nSPS) is 12.3. The van der Waals surface area contributed by atoms with Crippen LogP contribution in [-0.2, 0) is 0 Å². The second kappa shape index (κ2) is 9.31. The molecule has 28 heavy (non-hydrogen) atoms. The van der Waals surface area contributed by atoms with Gasteiger partial charge in [-0.25, -0.2) is 0 Å². The van der Waals surface area contributed by atoms with Gasteiger partial charge in [0.15, 0.2) is 0 Å². The summed E-state index contributed by atoms with van der Waals surface area (Å²) in [5, 5.41) is 2.80. The van der Waals surface area contributed by atoms with Gasteiger partial charge in [-0.3, -0.25) is 0 Å². The van der Waals surface area contributed by atoms with Gasteiger partial charge < -0.3 is 0 Å². The van der Waals surface area contributed by atoms with E-state index < -0.39 is 7.92 Å². The van der Waals surface area contributed by atoms with Crippen LogP contribution in [0.25, 0.3) is 6.08 Å². The van der Waals surface area contributed by atoms with Crippen LogP contribution in [0.3, 0.4) is 0 Å². The molecule has 0 saturated carbocycles. The summed E-state index contributed by atoms with van der Waals surface area (Å²) in [6, 6.07) is 43.3. The summed E-state index contributed by atoms with van der Waals surface area (Å²) in [6.45, 7) is 0. The van der Waals surface area contributed by atoms with Crippen molar-refractivity contribution in [3.8, 4) is 0 Å². The second-order valence-corrected chi connectivity index (χ2v) is 9.00. The van der Waals surface area contributed by atoms with Crippen molar-refractivity contribution < 1.29 is 0 Å². The fourth-order valence-electron chi connectivity index (χ4n) is 3.41. The van der Waals surface area contributed by atoms with Gasteiger partial charge in [-0.1, -0.05) is 133 Å². The summed E-state index contributed by atoms with van der Waals surface area (Å²) in [5.74, 6) is 0. The van der Waals surface area contributed by atoms with Gasteiger partial charge in [-0.15, -0.1) is 0 Å². The minimum atomic E-state index is -0.574. The molecule has 136 valence electrons. The van der Waals surface area contributed by atoms with Gasteiger partial charge in [0.2, 0.25) is 0 Å². The van der Waals surface area contributed by atoms with E-state index in [1.54, 1.807) is 0 Å². The van der Waals surface area contributed by atoms with Crippen LogP contribution in [0, 0.1) is 0 Å². The Labute approximate surface area is 169 Å². The highest BCUT2D eigenvalue weighted by atomic mass is 31.1. The zero-order valence-corrected chi connectivity index (χ0v) is 16.6. The van der Waals surface area contributed by atoms with Crippen LogP contribution in [0.15, 0.2) is 127 Å². The molecule has 0 aliphatic rings. The number of hydrogen-bond acceptors (Lipinski definition) is 0. The number of allylic oxidation sites excluding steroid dienone is 1. The van der Waals surface area contributed by atoms with E-state index in [2.05, 4.69) is 133 Å². The lowest BCUT2D eigenvalue weighted by atomic mass is 10.1. The predicted molar refractivity (Wildman–Crippen MR) is 124 cm³/mol. The molecule has 4 aromatic carbocycles. The number of benzene rings is 4. The summed E-state index contributed by atoms with van der Waals surface area (Å²) in [5.41, 5.74) is 2.90. The standard InChI is InChI=1S/C27H23P/c1-5-13-23(14-6-1)21-22-27(24-15-7-2-8-16-24)28(25-17-9-3-10-18-25)26-19-11-4-12-20-26/h1-22,27H/b22-21+. The zero-order chi connectivity index (χ0) is 19.0. The molecule has 4 rings (SSSR count). The first-order valence-electron chi connectivity index (χ1n) is 9.59. The van der Waals surface area contributed by atoms with Crippen molar-refractivity contribution in [2.75, 3.05) is 0 Å². The van der Waals surface area contributed by atoms with Crippen molar-refractivity contribution in [2.45, 2.75) is 5.66 Å². The van der Waals surface area contributed by atoms with Gasteiger partial charge in [-0.2, -0.15) is 0 Å². The largest absolute Gasteiger partial charge is 0.0715 e. The van der Waals surface area contributed by atoms with Gasteiger partial charge in [0.1, 0.15) is 0 Å². The van der Waals surface area contributed by atoms with Crippen LogP contribution < -0.4 is 10.6 Å². The first-order chi connectivity index (χ1) is 13.9. The Balaban J connectivity index is 1.83. The lowest BCUT2D eigenvalue weighted by Crippen LogP contribution is -2.16. The van der Waals surface area contributed by atoms with Crippen LogP contribution in [0.5, 0.6) is 0 Å². The highest BCUT2D eigenvalue weighted by molar-refractivity contribution is 7.73. The lowest BCUT2D eigenvalue weighted by Gasteiger charge is -2.27. The molecule has 1 atom stereocenters. The molecule has 0 N–H and O–H groups in total.